The first-order valence-electron chi connectivity index (χ1n) is 15.9. The molecule has 11 heteroatoms. The molecular weight excluding hydrogens is 532 g/mol. The summed E-state index contributed by atoms with van der Waals surface area (Å²) < 4.78 is 13.2. The van der Waals surface area contributed by atoms with Crippen LogP contribution in [0.15, 0.2) is 24.4 Å². The van der Waals surface area contributed by atoms with Gasteiger partial charge in [0.1, 0.15) is 5.82 Å². The summed E-state index contributed by atoms with van der Waals surface area (Å²) >= 11 is 0. The number of nitrogens with zero attached hydrogens (tertiary/aromatic N) is 8. The molecule has 0 atom stereocenters. The van der Waals surface area contributed by atoms with Crippen LogP contribution in [0.5, 0.6) is 11.9 Å². The zero-order valence-electron chi connectivity index (χ0n) is 25.1. The number of likely N-dealkylation sites (tertiary alicyclic amines) is 1. The van der Waals surface area contributed by atoms with Crippen LogP contribution in [-0.4, -0.2) is 99.0 Å². The summed E-state index contributed by atoms with van der Waals surface area (Å²) in [5, 5.41) is 5.52. The Morgan fingerprint density at radius 3 is 2.38 bits per heavy atom. The fraction of sp³-hybridized carbons (Fsp3) is 0.645. The number of hydrogen-bond acceptors (Lipinski definition) is 9. The van der Waals surface area contributed by atoms with Crippen LogP contribution in [0.4, 0.5) is 5.82 Å². The number of anilines is 1. The van der Waals surface area contributed by atoms with E-state index in [0.717, 1.165) is 55.7 Å². The first kappa shape index (κ1) is 28.6. The third kappa shape index (κ3) is 6.30. The van der Waals surface area contributed by atoms with Crippen LogP contribution in [0.3, 0.4) is 0 Å². The number of pyridine rings is 1. The van der Waals surface area contributed by atoms with Crippen molar-refractivity contribution in [2.75, 3.05) is 57.4 Å². The van der Waals surface area contributed by atoms with E-state index in [4.69, 9.17) is 19.4 Å². The van der Waals surface area contributed by atoms with Crippen molar-refractivity contribution in [3.05, 3.63) is 30.1 Å². The average Bonchev–Trinajstić information content (AvgIpc) is 3.44. The minimum absolute atomic E-state index is 0.168. The van der Waals surface area contributed by atoms with Gasteiger partial charge in [-0.05, 0) is 71.5 Å². The predicted octanol–water partition coefficient (Wildman–Crippen LogP) is 3.76. The zero-order valence-corrected chi connectivity index (χ0v) is 25.1. The van der Waals surface area contributed by atoms with E-state index < -0.39 is 0 Å². The van der Waals surface area contributed by atoms with Gasteiger partial charge < -0.3 is 24.2 Å². The van der Waals surface area contributed by atoms with Gasteiger partial charge in [-0.1, -0.05) is 12.5 Å². The molecular formula is C31H44N8O3. The molecule has 0 radical (unpaired) electrons. The van der Waals surface area contributed by atoms with Gasteiger partial charge in [0.05, 0.1) is 37.0 Å². The molecule has 2 saturated heterocycles. The molecule has 6 rings (SSSR count). The molecule has 11 nitrogen and oxygen atoms in total. The van der Waals surface area contributed by atoms with Crippen LogP contribution in [-0.2, 0) is 11.3 Å². The van der Waals surface area contributed by atoms with Crippen molar-refractivity contribution in [1.29, 1.82) is 0 Å². The maximum absolute atomic E-state index is 13.5. The van der Waals surface area contributed by atoms with E-state index in [2.05, 4.69) is 24.8 Å². The minimum Gasteiger partial charge on any atom is -0.478 e. The summed E-state index contributed by atoms with van der Waals surface area (Å²) in [5.74, 6) is 1.91. The Labute approximate surface area is 248 Å². The Bertz CT molecular complexity index is 1340. The lowest BCUT2D eigenvalue weighted by Gasteiger charge is -2.41. The average molecular weight is 577 g/mol. The fourth-order valence-electron chi connectivity index (χ4n) is 6.77. The van der Waals surface area contributed by atoms with E-state index in [1.807, 2.05) is 42.9 Å². The lowest BCUT2D eigenvalue weighted by Crippen LogP contribution is -2.51. The number of aromatic nitrogens is 5. The topological polar surface area (TPSA) is 102 Å². The van der Waals surface area contributed by atoms with Crippen molar-refractivity contribution in [3.8, 4) is 11.9 Å². The zero-order chi connectivity index (χ0) is 28.9. The monoisotopic (exact) mass is 576 g/mol. The van der Waals surface area contributed by atoms with Crippen LogP contribution < -0.4 is 14.4 Å². The summed E-state index contributed by atoms with van der Waals surface area (Å²) in [6.45, 7) is 10.7. The van der Waals surface area contributed by atoms with Crippen LogP contribution >= 0.6 is 0 Å². The van der Waals surface area contributed by atoms with E-state index in [9.17, 15) is 4.79 Å². The maximum atomic E-state index is 13.5. The molecule has 5 heterocycles. The molecule has 0 bridgehead atoms. The van der Waals surface area contributed by atoms with E-state index >= 15 is 0 Å². The van der Waals surface area contributed by atoms with Crippen molar-refractivity contribution >= 4 is 22.8 Å². The second-order valence-electron chi connectivity index (χ2n) is 11.6. The van der Waals surface area contributed by atoms with Gasteiger partial charge in [-0.3, -0.25) is 4.79 Å². The number of carbonyl (C=O) groups is 1. The van der Waals surface area contributed by atoms with Crippen LogP contribution in [0.2, 0.25) is 0 Å². The Morgan fingerprint density at radius 2 is 1.64 bits per heavy atom. The SMILES string of the molecule is CCOc1cccc(Cn2ncc3c(N4CCN(C(=O)[C@H]5CC[C@H](N6CCCCC6)CC5)CC4)nc(OCC)nc32)n1. The van der Waals surface area contributed by atoms with Crippen LogP contribution in [0.1, 0.15) is 64.5 Å². The van der Waals surface area contributed by atoms with Gasteiger partial charge in [0.25, 0.3) is 0 Å². The third-order valence-electron chi connectivity index (χ3n) is 8.96. The Kier molecular flexibility index (Phi) is 9.02. The Morgan fingerprint density at radius 1 is 0.881 bits per heavy atom. The molecule has 0 aromatic carbocycles. The number of carbonyl (C=O) groups excluding carboxylic acids is 1. The molecule has 1 aliphatic carbocycles. The lowest BCUT2D eigenvalue weighted by atomic mass is 9.83. The van der Waals surface area contributed by atoms with Gasteiger partial charge in [0, 0.05) is 44.2 Å². The van der Waals surface area contributed by atoms with Gasteiger partial charge in [0.15, 0.2) is 5.65 Å². The highest BCUT2D eigenvalue weighted by atomic mass is 16.5. The van der Waals surface area contributed by atoms with Gasteiger partial charge in [-0.2, -0.15) is 15.1 Å². The normalized spacial score (nSPS) is 22.0. The Hall–Kier alpha value is -3.47. The molecule has 3 fully saturated rings. The molecule has 3 aliphatic rings. The highest BCUT2D eigenvalue weighted by molar-refractivity contribution is 5.87. The predicted molar refractivity (Wildman–Crippen MR) is 161 cm³/mol. The summed E-state index contributed by atoms with van der Waals surface area (Å²) in [7, 11) is 0. The van der Waals surface area contributed by atoms with Crippen LogP contribution in [0, 0.1) is 5.92 Å². The minimum atomic E-state index is 0.168. The molecule has 3 aromatic heterocycles. The molecule has 226 valence electrons. The second-order valence-corrected chi connectivity index (χ2v) is 11.6. The molecule has 1 amide bonds. The lowest BCUT2D eigenvalue weighted by molar-refractivity contribution is -0.137. The number of ether oxygens (including phenoxy) is 2. The third-order valence-corrected chi connectivity index (χ3v) is 8.96. The van der Waals surface area contributed by atoms with Crippen molar-refractivity contribution in [2.45, 2.75) is 71.4 Å². The van der Waals surface area contributed by atoms with Gasteiger partial charge >= 0.3 is 6.01 Å². The number of fused-ring (bicyclic) bond motifs is 1. The molecule has 0 N–H and O–H groups in total. The quantitative estimate of drug-likeness (QED) is 0.377. The van der Waals surface area contributed by atoms with Gasteiger partial charge in [0.2, 0.25) is 11.8 Å². The summed E-state index contributed by atoms with van der Waals surface area (Å²) in [6, 6.07) is 6.76. The number of piperidine rings is 1. The number of piperazine rings is 1. The van der Waals surface area contributed by atoms with Crippen LogP contribution in [0.25, 0.3) is 11.0 Å². The highest BCUT2D eigenvalue weighted by Crippen LogP contribution is 2.32. The molecule has 0 unspecified atom stereocenters. The first-order chi connectivity index (χ1) is 20.6. The number of rotatable bonds is 9. The molecule has 1 saturated carbocycles. The molecule has 0 spiro atoms. The summed E-state index contributed by atoms with van der Waals surface area (Å²) in [4.78, 5) is 34.6. The smallest absolute Gasteiger partial charge is 0.320 e. The number of hydrogen-bond donors (Lipinski definition) is 0. The van der Waals surface area contributed by atoms with Crippen molar-refractivity contribution in [3.63, 3.8) is 0 Å². The van der Waals surface area contributed by atoms with E-state index in [0.29, 0.717) is 62.3 Å². The fourth-order valence-corrected chi connectivity index (χ4v) is 6.77. The number of amides is 1. The standard InChI is InChI=1S/C31H44N8O3/c1-3-41-27-10-8-9-24(33-27)22-39-29-26(21-32-39)28(34-31(35-29)42-4-2)37-17-19-38(20-18-37)30(40)23-11-13-25(14-12-23)36-15-6-5-7-16-36/h8-10,21,23,25H,3-7,11-20,22H2,1-2H3/t23-,25-. The molecule has 3 aromatic rings. The van der Waals surface area contributed by atoms with E-state index in [-0.39, 0.29) is 5.92 Å². The second kappa shape index (κ2) is 13.2. The molecule has 2 aliphatic heterocycles. The van der Waals surface area contributed by atoms with Crippen molar-refractivity contribution in [2.24, 2.45) is 5.92 Å². The van der Waals surface area contributed by atoms with Gasteiger partial charge in [-0.25, -0.2) is 9.67 Å². The Balaban J connectivity index is 1.12. The van der Waals surface area contributed by atoms with Crippen molar-refractivity contribution < 1.29 is 14.3 Å². The van der Waals surface area contributed by atoms with E-state index in [1.54, 1.807) is 0 Å². The first-order valence-corrected chi connectivity index (χ1v) is 15.9. The summed E-state index contributed by atoms with van der Waals surface area (Å²) in [6.07, 6.45) is 10.2. The van der Waals surface area contributed by atoms with Gasteiger partial charge in [-0.15, -0.1) is 0 Å². The van der Waals surface area contributed by atoms with E-state index in [1.165, 1.54) is 32.4 Å². The summed E-state index contributed by atoms with van der Waals surface area (Å²) in [5.41, 5.74) is 1.54. The highest BCUT2D eigenvalue weighted by Gasteiger charge is 2.34. The molecule has 42 heavy (non-hydrogen) atoms. The largest absolute Gasteiger partial charge is 0.478 e. The van der Waals surface area contributed by atoms with Crippen molar-refractivity contribution in [1.82, 2.24) is 34.5 Å². The maximum Gasteiger partial charge on any atom is 0.320 e.